The Morgan fingerprint density at radius 1 is 1.24 bits per heavy atom. The second kappa shape index (κ2) is 8.65. The standard InChI is InChI=1S/C19H17N3O6S/c1-28-15-8-11(2-7-14(15)24)10-20-21-19-22(12-3-5-13(23)6-4-12)18(27)16(29-19)9-17(25)26/h2-8,10,16,23-24H,9H2,1H3,(H,25,26)/b20-10-,21-19+/t16-/m1/s1. The topological polar surface area (TPSA) is 132 Å². The number of carboxylic acids is 1. The lowest BCUT2D eigenvalue weighted by atomic mass is 10.2. The molecule has 9 nitrogen and oxygen atoms in total. The van der Waals surface area contributed by atoms with E-state index in [2.05, 4.69) is 10.2 Å². The minimum absolute atomic E-state index is 0.0112. The number of carbonyl (C=O) groups is 2. The Morgan fingerprint density at radius 2 is 1.97 bits per heavy atom. The average molecular weight is 415 g/mol. The van der Waals surface area contributed by atoms with E-state index in [0.717, 1.165) is 11.8 Å². The van der Waals surface area contributed by atoms with Crippen LogP contribution in [0.1, 0.15) is 12.0 Å². The van der Waals surface area contributed by atoms with Crippen molar-refractivity contribution in [2.75, 3.05) is 12.0 Å². The maximum atomic E-state index is 12.7. The van der Waals surface area contributed by atoms with Crippen molar-refractivity contribution in [1.82, 2.24) is 0 Å². The van der Waals surface area contributed by atoms with Crippen molar-refractivity contribution in [2.45, 2.75) is 11.7 Å². The highest BCUT2D eigenvalue weighted by molar-refractivity contribution is 8.16. The molecule has 1 atom stereocenters. The van der Waals surface area contributed by atoms with E-state index in [4.69, 9.17) is 9.84 Å². The largest absolute Gasteiger partial charge is 0.508 e. The Kier molecular flexibility index (Phi) is 6.03. The number of rotatable bonds is 6. The van der Waals surface area contributed by atoms with Crippen LogP contribution in [0.15, 0.2) is 52.7 Å². The van der Waals surface area contributed by atoms with Crippen LogP contribution in [-0.4, -0.2) is 50.9 Å². The van der Waals surface area contributed by atoms with Gasteiger partial charge in [0, 0.05) is 0 Å². The van der Waals surface area contributed by atoms with Gasteiger partial charge < -0.3 is 20.1 Å². The van der Waals surface area contributed by atoms with Crippen LogP contribution < -0.4 is 9.64 Å². The summed E-state index contributed by atoms with van der Waals surface area (Å²) in [7, 11) is 1.43. The molecule has 0 aliphatic carbocycles. The Morgan fingerprint density at radius 3 is 2.62 bits per heavy atom. The zero-order chi connectivity index (χ0) is 21.0. The highest BCUT2D eigenvalue weighted by atomic mass is 32.2. The Hall–Kier alpha value is -3.53. The fourth-order valence-electron chi connectivity index (χ4n) is 2.58. The molecule has 2 aromatic carbocycles. The molecule has 0 saturated carbocycles. The second-order valence-electron chi connectivity index (χ2n) is 5.95. The van der Waals surface area contributed by atoms with Crippen molar-refractivity contribution in [3.8, 4) is 17.2 Å². The number of aromatic hydroxyl groups is 2. The number of carbonyl (C=O) groups excluding carboxylic acids is 1. The number of ether oxygens (including phenoxy) is 1. The van der Waals surface area contributed by atoms with Crippen LogP contribution in [0, 0.1) is 0 Å². The number of amidine groups is 1. The summed E-state index contributed by atoms with van der Waals surface area (Å²) in [5, 5.41) is 35.6. The Balaban J connectivity index is 1.89. The minimum atomic E-state index is -1.09. The lowest BCUT2D eigenvalue weighted by Gasteiger charge is -2.15. The van der Waals surface area contributed by atoms with Gasteiger partial charge in [-0.1, -0.05) is 11.8 Å². The number of amides is 1. The SMILES string of the molecule is COc1cc(/C=N\N=C2\S[C@H](CC(=O)O)C(=O)N2c2ccc(O)cc2)ccc1O. The summed E-state index contributed by atoms with van der Waals surface area (Å²) < 4.78 is 5.03. The Bertz CT molecular complexity index is 990. The molecular weight excluding hydrogens is 398 g/mol. The highest BCUT2D eigenvalue weighted by Crippen LogP contribution is 2.34. The van der Waals surface area contributed by atoms with E-state index >= 15 is 0 Å². The van der Waals surface area contributed by atoms with Crippen LogP contribution in [0.4, 0.5) is 5.69 Å². The predicted octanol–water partition coefficient (Wildman–Crippen LogP) is 2.42. The van der Waals surface area contributed by atoms with Gasteiger partial charge in [-0.05, 0) is 48.0 Å². The molecule has 150 valence electrons. The van der Waals surface area contributed by atoms with Crippen molar-refractivity contribution in [1.29, 1.82) is 0 Å². The fraction of sp³-hybridized carbons (Fsp3) is 0.158. The molecule has 1 aliphatic rings. The Labute approximate surface area is 170 Å². The molecule has 10 heteroatoms. The number of hydrogen-bond acceptors (Lipinski definition) is 8. The highest BCUT2D eigenvalue weighted by Gasteiger charge is 2.40. The summed E-state index contributed by atoms with van der Waals surface area (Å²) in [5.74, 6) is -1.22. The van der Waals surface area contributed by atoms with Gasteiger partial charge in [0.05, 0.1) is 25.4 Å². The van der Waals surface area contributed by atoms with Crippen molar-refractivity contribution >= 4 is 40.7 Å². The molecule has 0 spiro atoms. The molecule has 1 aliphatic heterocycles. The van der Waals surface area contributed by atoms with E-state index in [1.165, 1.54) is 48.6 Å². The van der Waals surface area contributed by atoms with E-state index in [0.29, 0.717) is 11.3 Å². The van der Waals surface area contributed by atoms with Crippen molar-refractivity contribution in [3.05, 3.63) is 48.0 Å². The number of anilines is 1. The van der Waals surface area contributed by atoms with E-state index < -0.39 is 17.1 Å². The van der Waals surface area contributed by atoms with Gasteiger partial charge >= 0.3 is 5.97 Å². The van der Waals surface area contributed by atoms with Gasteiger partial charge in [-0.15, -0.1) is 5.10 Å². The maximum Gasteiger partial charge on any atom is 0.305 e. The minimum Gasteiger partial charge on any atom is -0.508 e. The first-order chi connectivity index (χ1) is 13.9. The summed E-state index contributed by atoms with van der Waals surface area (Å²) in [6, 6.07) is 10.5. The van der Waals surface area contributed by atoms with Gasteiger partial charge in [0.25, 0.3) is 0 Å². The van der Waals surface area contributed by atoms with Gasteiger partial charge in [0.2, 0.25) is 5.91 Å². The number of aliphatic carboxylic acids is 1. The third-order valence-electron chi connectivity index (χ3n) is 3.96. The number of carboxylic acid groups (broad SMARTS) is 1. The second-order valence-corrected chi connectivity index (χ2v) is 7.12. The number of methoxy groups -OCH3 is 1. The number of hydrogen-bond donors (Lipinski definition) is 3. The van der Waals surface area contributed by atoms with Gasteiger partial charge in [-0.3, -0.25) is 14.5 Å². The molecule has 1 heterocycles. The first kappa shape index (κ1) is 20.2. The first-order valence-electron chi connectivity index (χ1n) is 8.38. The molecular formula is C19H17N3O6S. The molecule has 1 fully saturated rings. The monoisotopic (exact) mass is 415 g/mol. The van der Waals surface area contributed by atoms with E-state index in [9.17, 15) is 19.8 Å². The quantitative estimate of drug-likeness (QED) is 0.487. The van der Waals surface area contributed by atoms with E-state index in [1.54, 1.807) is 12.1 Å². The number of benzene rings is 2. The molecule has 29 heavy (non-hydrogen) atoms. The zero-order valence-corrected chi connectivity index (χ0v) is 16.0. The first-order valence-corrected chi connectivity index (χ1v) is 9.26. The number of thioether (sulfide) groups is 1. The molecule has 1 amide bonds. The summed E-state index contributed by atoms with van der Waals surface area (Å²) in [5.41, 5.74) is 1.05. The summed E-state index contributed by atoms with van der Waals surface area (Å²) >= 11 is 1.00. The van der Waals surface area contributed by atoms with Crippen molar-refractivity contribution in [2.24, 2.45) is 10.2 Å². The van der Waals surface area contributed by atoms with Crippen LogP contribution >= 0.6 is 11.8 Å². The van der Waals surface area contributed by atoms with Gasteiger partial charge in [-0.25, -0.2) is 0 Å². The van der Waals surface area contributed by atoms with Crippen molar-refractivity contribution < 1.29 is 29.6 Å². The molecule has 0 aromatic heterocycles. The molecule has 3 rings (SSSR count). The average Bonchev–Trinajstić information content (AvgIpc) is 2.98. The van der Waals surface area contributed by atoms with Crippen LogP contribution in [0.25, 0.3) is 0 Å². The molecule has 0 radical (unpaired) electrons. The van der Waals surface area contributed by atoms with E-state index in [1.807, 2.05) is 0 Å². The number of phenolic OH excluding ortho intramolecular Hbond substituents is 2. The van der Waals surface area contributed by atoms with Crippen molar-refractivity contribution in [3.63, 3.8) is 0 Å². The third-order valence-corrected chi connectivity index (χ3v) is 5.08. The lowest BCUT2D eigenvalue weighted by molar-refractivity contribution is -0.138. The van der Waals surface area contributed by atoms with Crippen LogP contribution in [0.5, 0.6) is 17.2 Å². The van der Waals surface area contributed by atoms with E-state index in [-0.39, 0.29) is 28.8 Å². The summed E-state index contributed by atoms with van der Waals surface area (Å²) in [4.78, 5) is 25.0. The van der Waals surface area contributed by atoms with Crippen LogP contribution in [0.3, 0.4) is 0 Å². The fourth-order valence-corrected chi connectivity index (χ4v) is 3.66. The third kappa shape index (κ3) is 4.66. The molecule has 1 saturated heterocycles. The van der Waals surface area contributed by atoms with Gasteiger partial charge in [0.15, 0.2) is 16.7 Å². The van der Waals surface area contributed by atoms with Gasteiger partial charge in [0.1, 0.15) is 11.0 Å². The molecule has 0 unspecified atom stereocenters. The normalized spacial score (nSPS) is 18.0. The van der Waals surface area contributed by atoms with Crippen LogP contribution in [0.2, 0.25) is 0 Å². The van der Waals surface area contributed by atoms with Crippen LogP contribution in [-0.2, 0) is 9.59 Å². The smallest absolute Gasteiger partial charge is 0.305 e. The molecule has 3 N–H and O–H groups in total. The number of phenols is 2. The predicted molar refractivity (Wildman–Crippen MR) is 109 cm³/mol. The zero-order valence-electron chi connectivity index (χ0n) is 15.2. The summed E-state index contributed by atoms with van der Waals surface area (Å²) in [6.07, 6.45) is 1.06. The maximum absolute atomic E-state index is 12.7. The number of nitrogens with zero attached hydrogens (tertiary/aromatic N) is 3. The lowest BCUT2D eigenvalue weighted by Crippen LogP contribution is -2.32. The molecule has 0 bridgehead atoms. The van der Waals surface area contributed by atoms with Gasteiger partial charge in [-0.2, -0.15) is 5.10 Å². The summed E-state index contributed by atoms with van der Waals surface area (Å²) in [6.45, 7) is 0. The molecule has 2 aromatic rings.